The second kappa shape index (κ2) is 6.91. The van der Waals surface area contributed by atoms with E-state index in [9.17, 15) is 9.90 Å². The lowest BCUT2D eigenvalue weighted by atomic mass is 9.57. The Hall–Kier alpha value is -1.73. The summed E-state index contributed by atoms with van der Waals surface area (Å²) in [6.45, 7) is 7.29. The number of aliphatic hydroxyl groups is 1. The van der Waals surface area contributed by atoms with Gasteiger partial charge >= 0.3 is 5.97 Å². The molecule has 0 spiro atoms. The van der Waals surface area contributed by atoms with E-state index in [-0.39, 0.29) is 40.8 Å². The molecule has 2 aliphatic carbocycles. The SMILES string of the molecule is CO[C@@]12C[C@H](OC(=O)c3ccccc3)[C@@H](CC3=C4[C@@H]5[C@H](C)CO[C@]5(O)C[C@]4(C)CC[C@]31C)O2. The van der Waals surface area contributed by atoms with Gasteiger partial charge in [0.1, 0.15) is 12.2 Å². The Morgan fingerprint density at radius 1 is 1.18 bits per heavy atom. The van der Waals surface area contributed by atoms with Crippen molar-refractivity contribution in [3.05, 3.63) is 47.0 Å². The maximum atomic E-state index is 12.9. The second-order valence-corrected chi connectivity index (χ2v) is 11.4. The van der Waals surface area contributed by atoms with Crippen LogP contribution in [0.15, 0.2) is 41.5 Å². The molecule has 3 heterocycles. The lowest BCUT2D eigenvalue weighted by molar-refractivity contribution is -0.283. The number of methoxy groups -OCH3 is 1. The molecule has 6 heteroatoms. The van der Waals surface area contributed by atoms with Crippen LogP contribution in [-0.4, -0.2) is 48.6 Å². The molecule has 3 saturated heterocycles. The predicted molar refractivity (Wildman–Crippen MR) is 120 cm³/mol. The van der Waals surface area contributed by atoms with E-state index in [1.165, 1.54) is 11.1 Å². The molecule has 2 bridgehead atoms. The maximum absolute atomic E-state index is 12.9. The Balaban J connectivity index is 1.41. The summed E-state index contributed by atoms with van der Waals surface area (Å²) in [5, 5.41) is 11.4. The number of fused-ring (bicyclic) bond motifs is 7. The number of hydrogen-bond donors (Lipinski definition) is 1. The average molecular weight is 455 g/mol. The minimum atomic E-state index is -1.08. The molecular formula is C27H34O6. The van der Waals surface area contributed by atoms with E-state index in [2.05, 4.69) is 20.8 Å². The van der Waals surface area contributed by atoms with Gasteiger partial charge in [0.25, 0.3) is 0 Å². The minimum Gasteiger partial charge on any atom is -0.456 e. The van der Waals surface area contributed by atoms with Gasteiger partial charge in [-0.1, -0.05) is 50.1 Å². The minimum absolute atomic E-state index is 0.00569. The summed E-state index contributed by atoms with van der Waals surface area (Å²) in [6.07, 6.45) is 3.06. The first kappa shape index (κ1) is 21.8. The van der Waals surface area contributed by atoms with Gasteiger partial charge in [-0.2, -0.15) is 0 Å². The molecule has 1 aromatic carbocycles. The van der Waals surface area contributed by atoms with Crippen molar-refractivity contribution in [1.29, 1.82) is 0 Å². The summed E-state index contributed by atoms with van der Waals surface area (Å²) in [7, 11) is 1.71. The highest BCUT2D eigenvalue weighted by molar-refractivity contribution is 5.89. The van der Waals surface area contributed by atoms with E-state index < -0.39 is 11.6 Å². The Kier molecular flexibility index (Phi) is 4.56. The molecular weight excluding hydrogens is 420 g/mol. The smallest absolute Gasteiger partial charge is 0.338 e. The summed E-state index contributed by atoms with van der Waals surface area (Å²) in [5.74, 6) is -2.00. The highest BCUT2D eigenvalue weighted by Crippen LogP contribution is 2.70. The molecule has 5 aliphatic rings. The van der Waals surface area contributed by atoms with E-state index in [0.29, 0.717) is 31.4 Å². The van der Waals surface area contributed by atoms with Gasteiger partial charge in [0.15, 0.2) is 11.6 Å². The molecule has 33 heavy (non-hydrogen) atoms. The zero-order chi connectivity index (χ0) is 23.2. The van der Waals surface area contributed by atoms with Crippen molar-refractivity contribution in [2.75, 3.05) is 13.7 Å². The number of hydrogen-bond acceptors (Lipinski definition) is 6. The quantitative estimate of drug-likeness (QED) is 0.544. The largest absolute Gasteiger partial charge is 0.456 e. The Bertz CT molecular complexity index is 1020. The Labute approximate surface area is 195 Å². The molecule has 0 amide bonds. The molecule has 6 nitrogen and oxygen atoms in total. The summed E-state index contributed by atoms with van der Waals surface area (Å²) < 4.78 is 24.7. The van der Waals surface area contributed by atoms with Gasteiger partial charge in [-0.15, -0.1) is 0 Å². The average Bonchev–Trinajstić information content (AvgIpc) is 3.35. The Morgan fingerprint density at radius 2 is 1.94 bits per heavy atom. The number of carbonyl (C=O) groups excluding carboxylic acids is 1. The molecule has 4 fully saturated rings. The third kappa shape index (κ3) is 2.78. The molecule has 0 unspecified atom stereocenters. The third-order valence-electron chi connectivity index (χ3n) is 9.49. The van der Waals surface area contributed by atoms with E-state index >= 15 is 0 Å². The maximum Gasteiger partial charge on any atom is 0.338 e. The first-order valence-electron chi connectivity index (χ1n) is 12.2. The predicted octanol–water partition coefficient (Wildman–Crippen LogP) is 4.23. The lowest BCUT2D eigenvalue weighted by Gasteiger charge is -2.55. The third-order valence-corrected chi connectivity index (χ3v) is 9.49. The van der Waals surface area contributed by atoms with Crippen LogP contribution in [0.1, 0.15) is 63.2 Å². The van der Waals surface area contributed by atoms with Crippen molar-refractivity contribution < 1.29 is 28.8 Å². The monoisotopic (exact) mass is 454 g/mol. The van der Waals surface area contributed by atoms with E-state index in [1.807, 2.05) is 18.2 Å². The van der Waals surface area contributed by atoms with Gasteiger partial charge in [0.05, 0.1) is 12.2 Å². The van der Waals surface area contributed by atoms with Gasteiger partial charge in [-0.3, -0.25) is 0 Å². The molecule has 178 valence electrons. The number of rotatable bonds is 3. The van der Waals surface area contributed by atoms with Crippen LogP contribution in [-0.2, 0) is 18.9 Å². The molecule has 0 aromatic heterocycles. The van der Waals surface area contributed by atoms with Crippen molar-refractivity contribution in [2.24, 2.45) is 22.7 Å². The topological polar surface area (TPSA) is 74.2 Å². The first-order chi connectivity index (χ1) is 15.6. The van der Waals surface area contributed by atoms with Crippen molar-refractivity contribution in [3.8, 4) is 0 Å². The molecule has 6 rings (SSSR count). The number of ether oxygens (including phenoxy) is 4. The highest BCUT2D eigenvalue weighted by atomic mass is 16.7. The second-order valence-electron chi connectivity index (χ2n) is 11.4. The van der Waals surface area contributed by atoms with Crippen LogP contribution in [0.25, 0.3) is 0 Å². The van der Waals surface area contributed by atoms with Crippen molar-refractivity contribution >= 4 is 5.97 Å². The van der Waals surface area contributed by atoms with Crippen LogP contribution in [0.5, 0.6) is 0 Å². The molecule has 0 radical (unpaired) electrons. The Morgan fingerprint density at radius 3 is 2.67 bits per heavy atom. The fraction of sp³-hybridized carbons (Fsp3) is 0.667. The van der Waals surface area contributed by atoms with Gasteiger partial charge in [0.2, 0.25) is 0 Å². The van der Waals surface area contributed by atoms with Crippen LogP contribution in [0.4, 0.5) is 0 Å². The summed E-state index contributed by atoms with van der Waals surface area (Å²) >= 11 is 0. The molecule has 8 atom stereocenters. The van der Waals surface area contributed by atoms with Crippen LogP contribution < -0.4 is 0 Å². The number of carbonyl (C=O) groups is 1. The molecule has 1 aromatic rings. The fourth-order valence-electron chi connectivity index (χ4n) is 7.86. The highest BCUT2D eigenvalue weighted by Gasteiger charge is 2.70. The number of benzene rings is 1. The van der Waals surface area contributed by atoms with Crippen LogP contribution in [0.2, 0.25) is 0 Å². The summed E-state index contributed by atoms with van der Waals surface area (Å²) in [6, 6.07) is 9.11. The normalized spacial score (nSPS) is 47.8. The van der Waals surface area contributed by atoms with Gasteiger partial charge in [-0.05, 0) is 42.7 Å². The van der Waals surface area contributed by atoms with Crippen LogP contribution in [0.3, 0.4) is 0 Å². The van der Waals surface area contributed by atoms with E-state index in [4.69, 9.17) is 18.9 Å². The van der Waals surface area contributed by atoms with E-state index in [0.717, 1.165) is 12.8 Å². The van der Waals surface area contributed by atoms with Crippen molar-refractivity contribution in [2.45, 2.75) is 76.7 Å². The summed E-state index contributed by atoms with van der Waals surface area (Å²) in [5.41, 5.74) is 2.81. The van der Waals surface area contributed by atoms with Crippen molar-refractivity contribution in [3.63, 3.8) is 0 Å². The molecule has 3 aliphatic heterocycles. The first-order valence-corrected chi connectivity index (χ1v) is 12.2. The van der Waals surface area contributed by atoms with Gasteiger partial charge < -0.3 is 24.1 Å². The lowest BCUT2D eigenvalue weighted by Crippen LogP contribution is -2.55. The zero-order valence-corrected chi connectivity index (χ0v) is 19.9. The molecule has 1 N–H and O–H groups in total. The molecule has 1 saturated carbocycles. The van der Waals surface area contributed by atoms with Crippen LogP contribution >= 0.6 is 0 Å². The summed E-state index contributed by atoms with van der Waals surface area (Å²) in [4.78, 5) is 12.9. The van der Waals surface area contributed by atoms with Crippen molar-refractivity contribution in [1.82, 2.24) is 0 Å². The van der Waals surface area contributed by atoms with Gasteiger partial charge in [-0.25, -0.2) is 4.79 Å². The number of esters is 1. The fourth-order valence-corrected chi connectivity index (χ4v) is 7.86. The van der Waals surface area contributed by atoms with E-state index in [1.54, 1.807) is 19.2 Å². The van der Waals surface area contributed by atoms with Crippen LogP contribution in [0, 0.1) is 22.7 Å². The van der Waals surface area contributed by atoms with Gasteiger partial charge in [0, 0.05) is 31.3 Å². The zero-order valence-electron chi connectivity index (χ0n) is 19.9. The standard InChI is InChI=1S/C27H34O6/c1-16-14-31-26(29)15-24(2)10-11-25(3)18(22(24)21(16)26)12-19-20(13-27(25,30-4)33-19)32-23(28)17-8-6-5-7-9-17/h5-9,16,19-21,29H,10-15H2,1-4H3/t16-,19-,20+,21+,24+,25-,26-,27-/m1/s1.